The Labute approximate surface area is 265 Å². The van der Waals surface area contributed by atoms with Crippen LogP contribution >= 0.6 is 0 Å². The molecule has 10 heteroatoms. The summed E-state index contributed by atoms with van der Waals surface area (Å²) in [6.45, 7) is 0. The van der Waals surface area contributed by atoms with Crippen molar-refractivity contribution < 1.29 is 129 Å². The number of hydrogen-bond acceptors (Lipinski definition) is 6. The molecule has 4 rings (SSSR count). The summed E-state index contributed by atoms with van der Waals surface area (Å²) in [5, 5.41) is 1.40. The number of hydrogen-bond donors (Lipinski definition) is 0. The van der Waals surface area contributed by atoms with Gasteiger partial charge in [-0.3, -0.25) is 0 Å². The van der Waals surface area contributed by atoms with Gasteiger partial charge in [0.1, 0.15) is 20.2 Å². The monoisotopic (exact) mass is 504 g/mol. The topological polar surface area (TPSA) is 114 Å². The van der Waals surface area contributed by atoms with Crippen molar-refractivity contribution in [2.75, 3.05) is 0 Å². The van der Waals surface area contributed by atoms with Crippen LogP contribution in [0.1, 0.15) is 11.1 Å². The van der Waals surface area contributed by atoms with E-state index in [-0.39, 0.29) is 125 Å². The van der Waals surface area contributed by atoms with Gasteiger partial charge in [0, 0.05) is 0 Å². The third-order valence-electron chi connectivity index (χ3n) is 4.99. The van der Waals surface area contributed by atoms with Gasteiger partial charge < -0.3 is 9.11 Å². The van der Waals surface area contributed by atoms with E-state index >= 15 is 0 Å². The zero-order chi connectivity index (χ0) is 20.9. The first-order valence-corrected chi connectivity index (χ1v) is 11.4. The normalized spacial score (nSPS) is 12.2. The van der Waals surface area contributed by atoms with Crippen LogP contribution < -0.4 is 103 Å². The van der Waals surface area contributed by atoms with Crippen molar-refractivity contribution in [3.8, 4) is 0 Å². The summed E-state index contributed by atoms with van der Waals surface area (Å²) in [7, 11) is -11.4. The molecule has 0 saturated heterocycles. The molecule has 0 N–H and O–H groups in total. The van der Waals surface area contributed by atoms with Crippen molar-refractivity contribution in [2.45, 2.75) is 4.08 Å². The van der Waals surface area contributed by atoms with Crippen molar-refractivity contribution in [3.05, 3.63) is 96.1 Å². The van der Waals surface area contributed by atoms with Gasteiger partial charge in [0.05, 0.1) is 0 Å². The fourth-order valence-corrected chi connectivity index (χ4v) is 6.62. The van der Waals surface area contributed by atoms with Crippen molar-refractivity contribution in [1.82, 2.24) is 0 Å². The zero-order valence-electron chi connectivity index (χ0n) is 16.8. The Morgan fingerprint density at radius 3 is 1.19 bits per heavy atom. The molecule has 0 aliphatic carbocycles. The summed E-state index contributed by atoms with van der Waals surface area (Å²) in [5.41, 5.74) is -0.756. The summed E-state index contributed by atoms with van der Waals surface area (Å²) < 4.78 is 72.6. The van der Waals surface area contributed by atoms with Crippen LogP contribution in [-0.4, -0.2) is 25.9 Å². The van der Waals surface area contributed by atoms with Crippen LogP contribution in [0.5, 0.6) is 0 Å². The largest absolute Gasteiger partial charge is 1.00 e. The maximum absolute atomic E-state index is 12.7. The predicted molar refractivity (Wildman–Crippen MR) is 108 cm³/mol. The van der Waals surface area contributed by atoms with E-state index in [1.54, 1.807) is 48.5 Å². The number of rotatable bonds is 4. The molecule has 0 fully saturated rings. The molecule has 0 amide bonds. The zero-order valence-corrected chi connectivity index (χ0v) is 24.7. The molecule has 0 bridgehead atoms. The van der Waals surface area contributed by atoms with Crippen LogP contribution in [0.15, 0.2) is 84.9 Å². The molecule has 0 unspecified atom stereocenters. The Balaban J connectivity index is 0.00000171. The van der Waals surface area contributed by atoms with Crippen LogP contribution in [0.3, 0.4) is 0 Å². The molecular formula is C21H14K2O6S2. The molecule has 4 aromatic rings. The molecule has 0 aromatic heterocycles. The van der Waals surface area contributed by atoms with Crippen molar-refractivity contribution in [2.24, 2.45) is 0 Å². The summed E-state index contributed by atoms with van der Waals surface area (Å²) in [4.78, 5) is 0. The van der Waals surface area contributed by atoms with E-state index < -0.39 is 24.3 Å². The van der Waals surface area contributed by atoms with E-state index in [1.807, 2.05) is 0 Å². The standard InChI is InChI=1S/C21H16O6S2.2K/c22-28(23,24)21(29(25,26)27,19-13-5-9-15-7-1-3-11-17(15)19)20-14-6-10-16-8-2-4-12-18(16)20;;/h1-14H,(H,22,23,24)(H,25,26,27);;/q;2*+1/p-2. The van der Waals surface area contributed by atoms with Gasteiger partial charge in [0.2, 0.25) is 4.08 Å². The number of benzene rings is 4. The Kier molecular flexibility index (Phi) is 9.31. The summed E-state index contributed by atoms with van der Waals surface area (Å²) in [5.74, 6) is 0. The van der Waals surface area contributed by atoms with E-state index in [9.17, 15) is 25.9 Å². The fourth-order valence-electron chi connectivity index (χ4n) is 3.83. The molecule has 148 valence electrons. The van der Waals surface area contributed by atoms with E-state index in [4.69, 9.17) is 0 Å². The summed E-state index contributed by atoms with van der Waals surface area (Å²) in [6, 6.07) is 21.3. The molecule has 0 radical (unpaired) electrons. The smallest absolute Gasteiger partial charge is 0.746 e. The maximum atomic E-state index is 12.7. The molecule has 0 spiro atoms. The Bertz CT molecular complexity index is 1340. The first-order chi connectivity index (χ1) is 13.7. The third-order valence-corrected chi connectivity index (χ3v) is 8.51. The molecule has 0 aliphatic heterocycles. The summed E-state index contributed by atoms with van der Waals surface area (Å²) in [6.07, 6.45) is 0. The Morgan fingerprint density at radius 1 is 0.516 bits per heavy atom. The van der Waals surface area contributed by atoms with Gasteiger partial charge >= 0.3 is 103 Å². The fraction of sp³-hybridized carbons (Fsp3) is 0.0476. The first-order valence-electron chi connectivity index (χ1n) is 8.55. The molecule has 0 heterocycles. The van der Waals surface area contributed by atoms with Crippen LogP contribution in [0.2, 0.25) is 0 Å². The van der Waals surface area contributed by atoms with Crippen LogP contribution in [-0.2, 0) is 24.3 Å². The van der Waals surface area contributed by atoms with Gasteiger partial charge in [-0.25, -0.2) is 16.8 Å². The van der Waals surface area contributed by atoms with Gasteiger partial charge in [-0.1, -0.05) is 84.9 Å². The second-order valence-electron chi connectivity index (χ2n) is 6.58. The second-order valence-corrected chi connectivity index (χ2v) is 9.88. The minimum Gasteiger partial charge on any atom is -0.746 e. The van der Waals surface area contributed by atoms with E-state index in [2.05, 4.69) is 0 Å². The number of fused-ring (bicyclic) bond motifs is 2. The van der Waals surface area contributed by atoms with Gasteiger partial charge in [-0.2, -0.15) is 0 Å². The van der Waals surface area contributed by atoms with Gasteiger partial charge in [0.25, 0.3) is 0 Å². The van der Waals surface area contributed by atoms with Crippen molar-refractivity contribution in [1.29, 1.82) is 0 Å². The van der Waals surface area contributed by atoms with Crippen LogP contribution in [0.25, 0.3) is 21.5 Å². The molecule has 4 aromatic carbocycles. The first kappa shape index (κ1) is 27.7. The van der Waals surface area contributed by atoms with Gasteiger partial charge in [-0.15, -0.1) is 0 Å². The van der Waals surface area contributed by atoms with Gasteiger partial charge in [0.15, 0.2) is 0 Å². The van der Waals surface area contributed by atoms with Crippen molar-refractivity contribution in [3.63, 3.8) is 0 Å². The molecule has 0 saturated carbocycles. The van der Waals surface area contributed by atoms with Crippen molar-refractivity contribution >= 4 is 41.8 Å². The molecule has 6 nitrogen and oxygen atoms in total. The summed E-state index contributed by atoms with van der Waals surface area (Å²) >= 11 is 0. The molecule has 31 heavy (non-hydrogen) atoms. The van der Waals surface area contributed by atoms with Crippen LogP contribution in [0, 0.1) is 0 Å². The molecule has 0 atom stereocenters. The van der Waals surface area contributed by atoms with E-state index in [0.29, 0.717) is 10.8 Å². The second kappa shape index (κ2) is 10.4. The predicted octanol–water partition coefficient (Wildman–Crippen LogP) is -2.71. The average Bonchev–Trinajstić information content (AvgIpc) is 2.67. The average molecular weight is 505 g/mol. The Morgan fingerprint density at radius 2 is 0.839 bits per heavy atom. The van der Waals surface area contributed by atoms with E-state index in [0.717, 1.165) is 0 Å². The Hall–Kier alpha value is 0.493. The quantitative estimate of drug-likeness (QED) is 0.221. The minimum absolute atomic E-state index is 0. The maximum Gasteiger partial charge on any atom is 1.00 e. The van der Waals surface area contributed by atoms with E-state index in [1.165, 1.54) is 36.4 Å². The third kappa shape index (κ3) is 4.71. The SMILES string of the molecule is O=S(=O)([O-])C(c1cccc2ccccc12)(c1cccc2ccccc12)S(=O)(=O)[O-].[K+].[K+]. The van der Waals surface area contributed by atoms with Crippen LogP contribution in [0.4, 0.5) is 0 Å². The van der Waals surface area contributed by atoms with Gasteiger partial charge in [-0.05, 0) is 32.7 Å². The molecular weight excluding hydrogens is 491 g/mol. The minimum atomic E-state index is -5.72. The molecule has 0 aliphatic rings.